The Balaban J connectivity index is 2.57. The van der Waals surface area contributed by atoms with Crippen LogP contribution in [-0.2, 0) is 9.53 Å². The van der Waals surface area contributed by atoms with Gasteiger partial charge in [0.1, 0.15) is 5.60 Å². The highest BCUT2D eigenvalue weighted by molar-refractivity contribution is 5.89. The first-order valence-electron chi connectivity index (χ1n) is 4.22. The van der Waals surface area contributed by atoms with Gasteiger partial charge in [0.25, 0.3) is 0 Å². The zero-order valence-electron chi connectivity index (χ0n) is 8.42. The summed E-state index contributed by atoms with van der Waals surface area (Å²) in [6.07, 6.45) is 3.21. The van der Waals surface area contributed by atoms with Crippen molar-refractivity contribution < 1.29 is 9.53 Å². The molecule has 0 aromatic carbocycles. The van der Waals surface area contributed by atoms with Gasteiger partial charge >= 0.3 is 5.97 Å². The summed E-state index contributed by atoms with van der Waals surface area (Å²) in [5.41, 5.74) is -0.505. The molecule has 0 aliphatic heterocycles. The number of imidazole rings is 1. The third kappa shape index (κ3) is 3.76. The first kappa shape index (κ1) is 10.3. The van der Waals surface area contributed by atoms with Crippen molar-refractivity contribution in [3.05, 3.63) is 18.2 Å². The van der Waals surface area contributed by atoms with Crippen LogP contribution in [0.5, 0.6) is 0 Å². The molecule has 0 unspecified atom stereocenters. The average molecular weight is 192 g/mol. The van der Waals surface area contributed by atoms with E-state index < -0.39 is 11.6 Å². The first-order valence-corrected chi connectivity index (χ1v) is 4.22. The molecule has 0 saturated heterocycles. The number of carbonyl (C=O) groups excluding carboxylic acids is 1. The summed E-state index contributed by atoms with van der Waals surface area (Å²) in [6, 6.07) is 0. The van der Waals surface area contributed by atoms with Gasteiger partial charge in [-0.1, -0.05) is 0 Å². The van der Waals surface area contributed by atoms with Crippen molar-refractivity contribution in [3.8, 4) is 11.8 Å². The predicted octanol–water partition coefficient (Wildman–Crippen LogP) is 1.10. The molecular formula is C10H12N2O2. The van der Waals surface area contributed by atoms with E-state index in [4.69, 9.17) is 4.74 Å². The van der Waals surface area contributed by atoms with Crippen molar-refractivity contribution in [1.82, 2.24) is 9.97 Å². The number of rotatable bonds is 0. The van der Waals surface area contributed by atoms with Crippen LogP contribution in [0.25, 0.3) is 0 Å². The molecule has 0 aliphatic rings. The average Bonchev–Trinajstić information content (AvgIpc) is 2.49. The Labute approximate surface area is 82.7 Å². The van der Waals surface area contributed by atoms with Crippen molar-refractivity contribution in [2.24, 2.45) is 0 Å². The Bertz CT molecular complexity index is 363. The topological polar surface area (TPSA) is 55.0 Å². The maximum atomic E-state index is 11.1. The molecule has 1 aromatic rings. The normalized spacial score (nSPS) is 10.2. The van der Waals surface area contributed by atoms with Gasteiger partial charge in [-0.05, 0) is 26.7 Å². The minimum atomic E-state index is -0.547. The molecule has 0 saturated carbocycles. The van der Waals surface area contributed by atoms with Crippen molar-refractivity contribution in [1.29, 1.82) is 0 Å². The number of esters is 1. The van der Waals surface area contributed by atoms with Gasteiger partial charge in [0.05, 0.1) is 0 Å². The molecule has 0 bridgehead atoms. The van der Waals surface area contributed by atoms with Crippen molar-refractivity contribution in [2.45, 2.75) is 26.4 Å². The molecule has 14 heavy (non-hydrogen) atoms. The minimum Gasteiger partial charge on any atom is -0.450 e. The third-order valence-electron chi connectivity index (χ3n) is 1.18. The summed E-state index contributed by atoms with van der Waals surface area (Å²) < 4.78 is 4.98. The second kappa shape index (κ2) is 3.97. The van der Waals surface area contributed by atoms with E-state index in [2.05, 4.69) is 21.8 Å². The number of ether oxygens (including phenoxy) is 1. The zero-order chi connectivity index (χ0) is 10.6. The van der Waals surface area contributed by atoms with Crippen molar-refractivity contribution >= 4 is 5.97 Å². The molecule has 0 spiro atoms. The summed E-state index contributed by atoms with van der Waals surface area (Å²) in [4.78, 5) is 17.7. The van der Waals surface area contributed by atoms with E-state index in [-0.39, 0.29) is 0 Å². The van der Waals surface area contributed by atoms with Crippen LogP contribution < -0.4 is 0 Å². The van der Waals surface area contributed by atoms with Gasteiger partial charge in [-0.3, -0.25) is 0 Å². The molecule has 4 nitrogen and oxygen atoms in total. The highest BCUT2D eigenvalue weighted by Gasteiger charge is 2.14. The first-order chi connectivity index (χ1) is 6.47. The number of hydrogen-bond donors (Lipinski definition) is 1. The Hall–Kier alpha value is -1.76. The summed E-state index contributed by atoms with van der Waals surface area (Å²) in [5, 5.41) is 0. The van der Waals surface area contributed by atoms with Gasteiger partial charge in [-0.2, -0.15) is 0 Å². The Kier molecular flexibility index (Phi) is 2.92. The number of aromatic nitrogens is 2. The summed E-state index contributed by atoms with van der Waals surface area (Å²) in [6.45, 7) is 5.37. The molecule has 0 radical (unpaired) electrons. The molecule has 0 atom stereocenters. The monoisotopic (exact) mass is 192 g/mol. The molecule has 1 N–H and O–H groups in total. The van der Waals surface area contributed by atoms with Crippen LogP contribution in [0.2, 0.25) is 0 Å². The molecular weight excluding hydrogens is 180 g/mol. The maximum Gasteiger partial charge on any atom is 0.385 e. The maximum absolute atomic E-state index is 11.1. The van der Waals surface area contributed by atoms with E-state index in [9.17, 15) is 4.79 Å². The standard InChI is InChI=1S/C10H12N2O2/c1-10(2,3)14-9(13)5-4-8-11-6-7-12-8/h6-7H,1-3H3,(H,11,12). The quantitative estimate of drug-likeness (QED) is 0.494. The number of H-pyrrole nitrogens is 1. The molecule has 0 fully saturated rings. The van der Waals surface area contributed by atoms with Crippen LogP contribution in [0, 0.1) is 11.8 Å². The zero-order valence-corrected chi connectivity index (χ0v) is 8.42. The van der Waals surface area contributed by atoms with Crippen molar-refractivity contribution in [3.63, 3.8) is 0 Å². The van der Waals surface area contributed by atoms with E-state index in [0.29, 0.717) is 5.82 Å². The smallest absolute Gasteiger partial charge is 0.385 e. The molecule has 0 amide bonds. The molecule has 1 heterocycles. The fourth-order valence-electron chi connectivity index (χ4n) is 0.747. The number of nitrogens with one attached hydrogen (secondary N) is 1. The minimum absolute atomic E-state index is 0.454. The van der Waals surface area contributed by atoms with Gasteiger partial charge in [0, 0.05) is 18.3 Å². The van der Waals surface area contributed by atoms with Crippen LogP contribution in [-0.4, -0.2) is 21.5 Å². The molecule has 1 aromatic heterocycles. The predicted molar refractivity (Wildman–Crippen MR) is 51.3 cm³/mol. The van der Waals surface area contributed by atoms with Crippen LogP contribution in [0.3, 0.4) is 0 Å². The van der Waals surface area contributed by atoms with Gasteiger partial charge in [0.2, 0.25) is 0 Å². The Morgan fingerprint density at radius 1 is 1.57 bits per heavy atom. The largest absolute Gasteiger partial charge is 0.450 e. The van der Waals surface area contributed by atoms with Crippen molar-refractivity contribution in [2.75, 3.05) is 0 Å². The van der Waals surface area contributed by atoms with E-state index in [0.717, 1.165) is 0 Å². The lowest BCUT2D eigenvalue weighted by atomic mass is 10.2. The molecule has 4 heteroatoms. The highest BCUT2D eigenvalue weighted by Crippen LogP contribution is 2.06. The molecule has 74 valence electrons. The van der Waals surface area contributed by atoms with E-state index in [1.54, 1.807) is 33.2 Å². The molecule has 0 aliphatic carbocycles. The lowest BCUT2D eigenvalue weighted by molar-refractivity contribution is -0.147. The number of aromatic amines is 1. The second-order valence-electron chi connectivity index (χ2n) is 3.69. The summed E-state index contributed by atoms with van der Waals surface area (Å²) in [7, 11) is 0. The third-order valence-corrected chi connectivity index (χ3v) is 1.18. The van der Waals surface area contributed by atoms with E-state index >= 15 is 0 Å². The fraction of sp³-hybridized carbons (Fsp3) is 0.400. The van der Waals surface area contributed by atoms with Crippen LogP contribution >= 0.6 is 0 Å². The number of hydrogen-bond acceptors (Lipinski definition) is 3. The van der Waals surface area contributed by atoms with Gasteiger partial charge in [-0.15, -0.1) is 0 Å². The van der Waals surface area contributed by atoms with Crippen LogP contribution in [0.15, 0.2) is 12.4 Å². The van der Waals surface area contributed by atoms with E-state index in [1.165, 1.54) is 0 Å². The number of carbonyl (C=O) groups is 1. The van der Waals surface area contributed by atoms with Gasteiger partial charge in [-0.25, -0.2) is 9.78 Å². The second-order valence-corrected chi connectivity index (χ2v) is 3.69. The van der Waals surface area contributed by atoms with Crippen LogP contribution in [0.1, 0.15) is 26.6 Å². The number of nitrogens with zero attached hydrogens (tertiary/aromatic N) is 1. The van der Waals surface area contributed by atoms with E-state index in [1.807, 2.05) is 0 Å². The summed E-state index contributed by atoms with van der Waals surface area (Å²) >= 11 is 0. The SMILES string of the molecule is CC(C)(C)OC(=O)C#Cc1ncc[nH]1. The summed E-state index contributed by atoms with van der Waals surface area (Å²) in [5.74, 6) is 4.80. The molecule has 1 rings (SSSR count). The lowest BCUT2D eigenvalue weighted by Crippen LogP contribution is -2.22. The highest BCUT2D eigenvalue weighted by atomic mass is 16.6. The van der Waals surface area contributed by atoms with Crippen LogP contribution in [0.4, 0.5) is 0 Å². The Morgan fingerprint density at radius 2 is 2.29 bits per heavy atom. The Morgan fingerprint density at radius 3 is 2.79 bits per heavy atom. The van der Waals surface area contributed by atoms with Gasteiger partial charge < -0.3 is 9.72 Å². The van der Waals surface area contributed by atoms with Gasteiger partial charge in [0.15, 0.2) is 5.82 Å². The lowest BCUT2D eigenvalue weighted by Gasteiger charge is -2.16. The fourth-order valence-corrected chi connectivity index (χ4v) is 0.747.